The number of hydrogen-bond donors (Lipinski definition) is 1. The van der Waals surface area contributed by atoms with E-state index in [1.165, 1.54) is 11.3 Å². The molecule has 2 heterocycles. The highest BCUT2D eigenvalue weighted by Gasteiger charge is 2.25. The lowest BCUT2D eigenvalue weighted by Gasteiger charge is -2.31. The Morgan fingerprint density at radius 1 is 1.37 bits per heavy atom. The van der Waals surface area contributed by atoms with Crippen LogP contribution in [0.5, 0.6) is 0 Å². The van der Waals surface area contributed by atoms with Crippen molar-refractivity contribution in [1.29, 1.82) is 0 Å². The predicted molar refractivity (Wildman–Crippen MR) is 81.7 cm³/mol. The molecule has 0 saturated carbocycles. The second kappa shape index (κ2) is 6.20. The van der Waals surface area contributed by atoms with Crippen LogP contribution in [0.2, 0.25) is 0 Å². The van der Waals surface area contributed by atoms with Crippen LogP contribution in [0, 0.1) is 13.8 Å². The molecule has 0 bridgehead atoms. The van der Waals surface area contributed by atoms with Crippen molar-refractivity contribution in [2.24, 2.45) is 5.73 Å². The maximum atomic E-state index is 5.78. The summed E-state index contributed by atoms with van der Waals surface area (Å²) >= 11 is 1.99. The third-order valence-corrected chi connectivity index (χ3v) is 4.91. The maximum absolute atomic E-state index is 5.78. The minimum atomic E-state index is 0.326. The van der Waals surface area contributed by atoms with Gasteiger partial charge in [0.2, 0.25) is 0 Å². The Hall–Kier alpha value is -0.650. The smallest absolute Gasteiger partial charge is 0.146 e. The van der Waals surface area contributed by atoms with Crippen molar-refractivity contribution < 1.29 is 0 Å². The van der Waals surface area contributed by atoms with E-state index in [9.17, 15) is 0 Å². The molecule has 4 nitrogen and oxygen atoms in total. The molecule has 2 rings (SSSR count). The van der Waals surface area contributed by atoms with Crippen LogP contribution in [0.3, 0.4) is 0 Å². The Morgan fingerprint density at radius 3 is 2.53 bits per heavy atom. The number of nitrogens with zero attached hydrogens (tertiary/aromatic N) is 3. The lowest BCUT2D eigenvalue weighted by molar-refractivity contribution is 0.263. The maximum Gasteiger partial charge on any atom is 0.146 e. The first kappa shape index (κ1) is 14.8. The summed E-state index contributed by atoms with van der Waals surface area (Å²) in [5.41, 5.74) is 9.17. The van der Waals surface area contributed by atoms with Gasteiger partial charge in [-0.05, 0) is 38.9 Å². The molecule has 5 heteroatoms. The molecule has 1 aliphatic heterocycles. The third kappa shape index (κ3) is 3.09. The molecule has 2 N–H and O–H groups in total. The summed E-state index contributed by atoms with van der Waals surface area (Å²) in [4.78, 5) is 11.9. The fourth-order valence-electron chi connectivity index (χ4n) is 2.69. The SMILES string of the molecule is Cc1nc(C2CSCCN2C)nc(C)c1C(C)CN. The fourth-order valence-corrected chi connectivity index (χ4v) is 3.90. The largest absolute Gasteiger partial charge is 0.330 e. The molecule has 1 aromatic heterocycles. The Bertz CT molecular complexity index is 426. The molecule has 1 aliphatic rings. The molecule has 19 heavy (non-hydrogen) atoms. The Labute approximate surface area is 120 Å². The van der Waals surface area contributed by atoms with Crippen molar-refractivity contribution in [3.8, 4) is 0 Å². The van der Waals surface area contributed by atoms with Gasteiger partial charge in [0.25, 0.3) is 0 Å². The molecule has 2 atom stereocenters. The summed E-state index contributed by atoms with van der Waals surface area (Å²) in [5.74, 6) is 3.58. The zero-order chi connectivity index (χ0) is 14.0. The topological polar surface area (TPSA) is 55.0 Å². The van der Waals surface area contributed by atoms with Gasteiger partial charge in [-0.15, -0.1) is 0 Å². The molecule has 0 spiro atoms. The van der Waals surface area contributed by atoms with Crippen molar-refractivity contribution >= 4 is 11.8 Å². The van der Waals surface area contributed by atoms with E-state index in [0.717, 1.165) is 29.5 Å². The van der Waals surface area contributed by atoms with Gasteiger partial charge < -0.3 is 5.73 Å². The Balaban J connectivity index is 2.33. The first-order valence-corrected chi connectivity index (χ1v) is 8.03. The van der Waals surface area contributed by atoms with E-state index in [1.54, 1.807) is 0 Å². The lowest BCUT2D eigenvalue weighted by Crippen LogP contribution is -2.34. The number of hydrogen-bond acceptors (Lipinski definition) is 5. The highest BCUT2D eigenvalue weighted by Crippen LogP contribution is 2.28. The Kier molecular flexibility index (Phi) is 4.81. The van der Waals surface area contributed by atoms with Crippen LogP contribution in [0.15, 0.2) is 0 Å². The minimum Gasteiger partial charge on any atom is -0.330 e. The fraction of sp³-hybridized carbons (Fsp3) is 0.714. The number of nitrogens with two attached hydrogens (primary N) is 1. The zero-order valence-electron chi connectivity index (χ0n) is 12.3. The quantitative estimate of drug-likeness (QED) is 0.916. The summed E-state index contributed by atoms with van der Waals surface area (Å²) in [6.07, 6.45) is 0. The van der Waals surface area contributed by atoms with Crippen LogP contribution in [0.25, 0.3) is 0 Å². The summed E-state index contributed by atoms with van der Waals surface area (Å²) in [6, 6.07) is 0.346. The van der Waals surface area contributed by atoms with Crippen LogP contribution in [0.4, 0.5) is 0 Å². The van der Waals surface area contributed by atoms with E-state index in [1.807, 2.05) is 11.8 Å². The molecule has 0 aliphatic carbocycles. The molecular formula is C14H24N4S. The van der Waals surface area contributed by atoms with Gasteiger partial charge in [0.15, 0.2) is 0 Å². The highest BCUT2D eigenvalue weighted by molar-refractivity contribution is 7.99. The molecule has 1 saturated heterocycles. The molecule has 0 radical (unpaired) electrons. The number of thioether (sulfide) groups is 1. The van der Waals surface area contributed by atoms with Crippen molar-refractivity contribution in [3.63, 3.8) is 0 Å². The van der Waals surface area contributed by atoms with Crippen molar-refractivity contribution in [3.05, 3.63) is 22.8 Å². The van der Waals surface area contributed by atoms with E-state index in [0.29, 0.717) is 18.5 Å². The second-order valence-corrected chi connectivity index (χ2v) is 6.52. The van der Waals surface area contributed by atoms with E-state index < -0.39 is 0 Å². The Morgan fingerprint density at radius 2 is 2.00 bits per heavy atom. The van der Waals surface area contributed by atoms with Gasteiger partial charge in [0.05, 0.1) is 6.04 Å². The average molecular weight is 280 g/mol. The second-order valence-electron chi connectivity index (χ2n) is 5.37. The van der Waals surface area contributed by atoms with Gasteiger partial charge in [0, 0.05) is 29.4 Å². The molecule has 0 aromatic carbocycles. The van der Waals surface area contributed by atoms with Gasteiger partial charge >= 0.3 is 0 Å². The highest BCUT2D eigenvalue weighted by atomic mass is 32.2. The zero-order valence-corrected chi connectivity index (χ0v) is 13.1. The molecular weight excluding hydrogens is 256 g/mol. The molecule has 1 fully saturated rings. The standard InChI is InChI=1S/C14H24N4S/c1-9(7-15)13-10(2)16-14(17-11(13)3)12-8-19-6-5-18(12)4/h9,12H,5-8,15H2,1-4H3. The predicted octanol–water partition coefficient (Wildman–Crippen LogP) is 1.88. The number of aromatic nitrogens is 2. The number of aryl methyl sites for hydroxylation is 2. The first-order chi connectivity index (χ1) is 9.04. The summed E-state index contributed by atoms with van der Waals surface area (Å²) in [6.45, 7) is 8.05. The number of rotatable bonds is 3. The van der Waals surface area contributed by atoms with Crippen LogP contribution in [-0.2, 0) is 0 Å². The van der Waals surface area contributed by atoms with Crippen LogP contribution in [-0.4, -0.2) is 46.5 Å². The van der Waals surface area contributed by atoms with Crippen molar-refractivity contribution in [2.75, 3.05) is 31.6 Å². The van der Waals surface area contributed by atoms with E-state index in [2.05, 4.69) is 32.7 Å². The summed E-state index contributed by atoms with van der Waals surface area (Å²) < 4.78 is 0. The third-order valence-electron chi connectivity index (χ3n) is 3.88. The summed E-state index contributed by atoms with van der Waals surface area (Å²) in [5, 5.41) is 0. The van der Waals surface area contributed by atoms with E-state index in [-0.39, 0.29) is 0 Å². The molecule has 106 valence electrons. The van der Waals surface area contributed by atoms with Gasteiger partial charge in [-0.2, -0.15) is 11.8 Å². The minimum absolute atomic E-state index is 0.326. The first-order valence-electron chi connectivity index (χ1n) is 6.87. The lowest BCUT2D eigenvalue weighted by atomic mass is 9.98. The van der Waals surface area contributed by atoms with Crippen LogP contribution < -0.4 is 5.73 Å². The van der Waals surface area contributed by atoms with Gasteiger partial charge in [-0.1, -0.05) is 6.92 Å². The van der Waals surface area contributed by atoms with E-state index >= 15 is 0 Å². The molecule has 1 aromatic rings. The van der Waals surface area contributed by atoms with Gasteiger partial charge in [-0.3, -0.25) is 4.90 Å². The molecule has 2 unspecified atom stereocenters. The molecule has 0 amide bonds. The monoisotopic (exact) mass is 280 g/mol. The van der Waals surface area contributed by atoms with Crippen LogP contribution >= 0.6 is 11.8 Å². The summed E-state index contributed by atoms with van der Waals surface area (Å²) in [7, 11) is 2.16. The van der Waals surface area contributed by atoms with Crippen molar-refractivity contribution in [1.82, 2.24) is 14.9 Å². The van der Waals surface area contributed by atoms with Crippen molar-refractivity contribution in [2.45, 2.75) is 32.7 Å². The van der Waals surface area contributed by atoms with Gasteiger partial charge in [-0.25, -0.2) is 9.97 Å². The van der Waals surface area contributed by atoms with E-state index in [4.69, 9.17) is 15.7 Å². The van der Waals surface area contributed by atoms with Crippen LogP contribution in [0.1, 0.15) is 41.7 Å². The average Bonchev–Trinajstić information content (AvgIpc) is 2.38. The van der Waals surface area contributed by atoms with Gasteiger partial charge in [0.1, 0.15) is 5.82 Å². The normalized spacial score (nSPS) is 22.5.